The molecule has 0 aromatic rings. The molecule has 0 radical (unpaired) electrons. The molecule has 10 atom stereocenters. The smallest absolute Gasteiger partial charge is 0.184 e. The van der Waals surface area contributed by atoms with Crippen LogP contribution in [-0.2, 0) is 8.85 Å². The lowest BCUT2D eigenvalue weighted by molar-refractivity contribution is -0.247. The van der Waals surface area contributed by atoms with Crippen molar-refractivity contribution in [2.75, 3.05) is 6.61 Å². The fourth-order valence-electron chi connectivity index (χ4n) is 12.5. The third kappa shape index (κ3) is 4.75. The summed E-state index contributed by atoms with van der Waals surface area (Å²) in [5, 5.41) is 0. The highest BCUT2D eigenvalue weighted by Gasteiger charge is 2.71. The summed E-state index contributed by atoms with van der Waals surface area (Å²) in [5.41, 5.74) is 3.38. The molecule has 4 heteroatoms. The predicted molar refractivity (Wildman–Crippen MR) is 176 cm³/mol. The van der Waals surface area contributed by atoms with E-state index in [2.05, 4.69) is 87.4 Å². The van der Waals surface area contributed by atoms with Crippen LogP contribution in [0.3, 0.4) is 0 Å². The van der Waals surface area contributed by atoms with Crippen molar-refractivity contribution in [3.63, 3.8) is 0 Å². The molecule has 0 aromatic carbocycles. The zero-order chi connectivity index (χ0) is 29.7. The Balaban J connectivity index is 1.48. The first kappa shape index (κ1) is 31.5. The molecule has 0 aliphatic heterocycles. The summed E-state index contributed by atoms with van der Waals surface area (Å²) in [6.07, 6.45) is 14.2. The predicted octanol–water partition coefficient (Wildman–Crippen LogP) is 10.7. The highest BCUT2D eigenvalue weighted by Crippen LogP contribution is 2.77. The van der Waals surface area contributed by atoms with Gasteiger partial charge in [-0.15, -0.1) is 0 Å². The zero-order valence-corrected chi connectivity index (χ0v) is 30.8. The third-order valence-electron chi connectivity index (χ3n) is 14.5. The third-order valence-corrected chi connectivity index (χ3v) is 16.5. The van der Waals surface area contributed by atoms with Gasteiger partial charge in [-0.2, -0.15) is 0 Å². The summed E-state index contributed by atoms with van der Waals surface area (Å²) >= 11 is 0. The van der Waals surface area contributed by atoms with Gasteiger partial charge >= 0.3 is 0 Å². The number of hydrogen-bond donors (Lipinski definition) is 0. The fraction of sp³-hybridized carbons (Fsp3) is 0.944. The second kappa shape index (κ2) is 9.80. The standard InChI is InChI=1S/C36H66O2Si2/c1-25(2)26-16-21-36(24-37-39(8,9)10)23-22-34(6)27(31(26)36)14-15-29-33(5)19-18-30(38-40(11,12)13)32(3,4)28(33)17-20-35(29,34)7/h26-31H,1,14-24H2,2-13H3/t26-,27+,28?,29+,30-,31+,33-,34+,35+,36+/m0/s1. The van der Waals surface area contributed by atoms with Crippen LogP contribution in [0.4, 0.5) is 0 Å². The maximum atomic E-state index is 6.92. The Kier molecular flexibility index (Phi) is 7.72. The molecule has 0 bridgehead atoms. The molecular weight excluding hydrogens is 521 g/mol. The minimum atomic E-state index is -1.57. The maximum Gasteiger partial charge on any atom is 0.184 e. The van der Waals surface area contributed by atoms with Crippen LogP contribution in [-0.4, -0.2) is 29.3 Å². The van der Waals surface area contributed by atoms with E-state index < -0.39 is 16.6 Å². The Morgan fingerprint density at radius 3 is 2.00 bits per heavy atom. The molecule has 0 heterocycles. The Morgan fingerprint density at radius 1 is 0.725 bits per heavy atom. The normalized spacial score (nSPS) is 48.5. The van der Waals surface area contributed by atoms with E-state index >= 15 is 0 Å². The number of allylic oxidation sites excluding steroid dienone is 1. The average molecular weight is 587 g/mol. The molecule has 2 nitrogen and oxygen atoms in total. The van der Waals surface area contributed by atoms with E-state index in [4.69, 9.17) is 8.85 Å². The minimum Gasteiger partial charge on any atom is -0.417 e. The first-order chi connectivity index (χ1) is 18.2. The molecule has 0 N–H and O–H groups in total. The van der Waals surface area contributed by atoms with Crippen LogP contribution in [0.1, 0.15) is 106 Å². The van der Waals surface area contributed by atoms with Crippen molar-refractivity contribution in [2.24, 2.45) is 56.7 Å². The van der Waals surface area contributed by atoms with E-state index in [1.54, 1.807) is 0 Å². The van der Waals surface area contributed by atoms with E-state index in [0.717, 1.165) is 30.3 Å². The van der Waals surface area contributed by atoms with E-state index in [9.17, 15) is 0 Å². The largest absolute Gasteiger partial charge is 0.417 e. The van der Waals surface area contributed by atoms with E-state index in [1.165, 1.54) is 69.8 Å². The molecule has 230 valence electrons. The van der Waals surface area contributed by atoms with Crippen LogP contribution in [0.25, 0.3) is 0 Å². The van der Waals surface area contributed by atoms with Crippen molar-refractivity contribution in [3.05, 3.63) is 12.2 Å². The molecule has 0 saturated heterocycles. The van der Waals surface area contributed by atoms with Crippen molar-refractivity contribution < 1.29 is 8.85 Å². The summed E-state index contributed by atoms with van der Waals surface area (Å²) in [6, 6.07) is 0. The molecule has 0 aromatic heterocycles. The Morgan fingerprint density at radius 2 is 1.40 bits per heavy atom. The van der Waals surface area contributed by atoms with Gasteiger partial charge in [0.25, 0.3) is 0 Å². The summed E-state index contributed by atoms with van der Waals surface area (Å²) in [6.45, 7) is 35.7. The summed E-state index contributed by atoms with van der Waals surface area (Å²) < 4.78 is 13.7. The van der Waals surface area contributed by atoms with Crippen LogP contribution in [0.5, 0.6) is 0 Å². The van der Waals surface area contributed by atoms with Gasteiger partial charge in [0.05, 0.1) is 6.10 Å². The van der Waals surface area contributed by atoms with Gasteiger partial charge in [0.15, 0.2) is 16.6 Å². The average Bonchev–Trinajstić information content (AvgIpc) is 3.19. The lowest BCUT2D eigenvalue weighted by Crippen LogP contribution is -2.67. The van der Waals surface area contributed by atoms with Gasteiger partial charge in [-0.3, -0.25) is 0 Å². The van der Waals surface area contributed by atoms with Gasteiger partial charge in [0.1, 0.15) is 0 Å². The van der Waals surface area contributed by atoms with Gasteiger partial charge in [-0.05, 0) is 167 Å². The second-order valence-electron chi connectivity index (χ2n) is 19.0. The minimum absolute atomic E-state index is 0.263. The van der Waals surface area contributed by atoms with Gasteiger partial charge in [0.2, 0.25) is 0 Å². The van der Waals surface area contributed by atoms with Crippen LogP contribution < -0.4 is 0 Å². The summed E-state index contributed by atoms with van der Waals surface area (Å²) in [5.74, 6) is 3.88. The van der Waals surface area contributed by atoms with Crippen LogP contribution >= 0.6 is 0 Å². The molecule has 1 unspecified atom stereocenters. The highest BCUT2D eigenvalue weighted by molar-refractivity contribution is 6.70. The molecule has 0 spiro atoms. The Labute approximate surface area is 251 Å². The molecule has 5 rings (SSSR count). The van der Waals surface area contributed by atoms with Crippen molar-refractivity contribution in [2.45, 2.75) is 151 Å². The summed E-state index contributed by atoms with van der Waals surface area (Å²) in [7, 11) is -3.12. The van der Waals surface area contributed by atoms with Crippen LogP contribution in [0, 0.1) is 56.7 Å². The van der Waals surface area contributed by atoms with Gasteiger partial charge in [-0.1, -0.05) is 46.8 Å². The molecular formula is C36H66O2Si2. The lowest BCUT2D eigenvalue weighted by atomic mass is 9.32. The van der Waals surface area contributed by atoms with Gasteiger partial charge in [0, 0.05) is 6.61 Å². The van der Waals surface area contributed by atoms with Crippen LogP contribution in [0.15, 0.2) is 12.2 Å². The SMILES string of the molecule is C=C(C)[C@@H]1CC[C@]2(CO[Si](C)(C)C)CC[C@]3(C)[C@H](CC[C@@H]4[C@@]5(C)CC[C@H](O[Si](C)(C)C)C(C)(C)C5CC[C@]43C)[C@@H]12. The highest BCUT2D eigenvalue weighted by atomic mass is 28.4. The molecule has 0 amide bonds. The van der Waals surface area contributed by atoms with Crippen molar-refractivity contribution >= 4 is 16.6 Å². The number of fused-ring (bicyclic) bond motifs is 7. The maximum absolute atomic E-state index is 6.92. The van der Waals surface area contributed by atoms with Gasteiger partial charge < -0.3 is 8.85 Å². The fourth-order valence-corrected chi connectivity index (χ4v) is 14.5. The lowest BCUT2D eigenvalue weighted by Gasteiger charge is -2.73. The molecule has 5 fully saturated rings. The van der Waals surface area contributed by atoms with E-state index in [0.29, 0.717) is 33.7 Å². The quantitative estimate of drug-likeness (QED) is 0.228. The molecule has 5 aliphatic carbocycles. The molecule has 40 heavy (non-hydrogen) atoms. The first-order valence-corrected chi connectivity index (χ1v) is 24.0. The Bertz CT molecular complexity index is 992. The van der Waals surface area contributed by atoms with Crippen molar-refractivity contribution in [3.8, 4) is 0 Å². The number of hydrogen-bond acceptors (Lipinski definition) is 2. The first-order valence-electron chi connectivity index (χ1n) is 17.2. The molecule has 5 saturated carbocycles. The van der Waals surface area contributed by atoms with Crippen LogP contribution in [0.2, 0.25) is 39.3 Å². The Hall–Kier alpha value is 0.0938. The number of rotatable bonds is 6. The van der Waals surface area contributed by atoms with Gasteiger partial charge in [-0.25, -0.2) is 0 Å². The van der Waals surface area contributed by atoms with Crippen molar-refractivity contribution in [1.82, 2.24) is 0 Å². The monoisotopic (exact) mass is 586 g/mol. The summed E-state index contributed by atoms with van der Waals surface area (Å²) in [4.78, 5) is 0. The van der Waals surface area contributed by atoms with E-state index in [1.807, 2.05) is 0 Å². The van der Waals surface area contributed by atoms with Crippen molar-refractivity contribution in [1.29, 1.82) is 0 Å². The zero-order valence-electron chi connectivity index (χ0n) is 28.8. The molecule has 5 aliphatic rings. The van der Waals surface area contributed by atoms with E-state index in [-0.39, 0.29) is 5.41 Å². The topological polar surface area (TPSA) is 18.5 Å². The second-order valence-corrected chi connectivity index (χ2v) is 28.0.